The molecule has 0 unspecified atom stereocenters. The van der Waals surface area contributed by atoms with Crippen LogP contribution in [0.5, 0.6) is 0 Å². The highest BCUT2D eigenvalue weighted by Gasteiger charge is 2.11. The Labute approximate surface area is 149 Å². The Hall–Kier alpha value is -3.15. The van der Waals surface area contributed by atoms with Crippen molar-refractivity contribution < 1.29 is 19.1 Å². The number of amides is 1. The zero-order chi connectivity index (χ0) is 18.5. The Morgan fingerprint density at radius 2 is 1.81 bits per heavy atom. The van der Waals surface area contributed by atoms with Crippen molar-refractivity contribution in [3.8, 4) is 0 Å². The zero-order valence-electron chi connectivity index (χ0n) is 14.2. The summed E-state index contributed by atoms with van der Waals surface area (Å²) in [7, 11) is 0. The lowest BCUT2D eigenvalue weighted by Gasteiger charge is -2.17. The van der Waals surface area contributed by atoms with E-state index in [4.69, 9.17) is 9.52 Å². The van der Waals surface area contributed by atoms with Gasteiger partial charge in [0.1, 0.15) is 11.2 Å². The number of hydrogen-bond donors (Lipinski definition) is 1. The maximum atomic E-state index is 12.7. The number of carbonyl (C=O) groups excluding carboxylic acids is 1. The van der Waals surface area contributed by atoms with Gasteiger partial charge in [0, 0.05) is 18.7 Å². The van der Waals surface area contributed by atoms with Gasteiger partial charge in [-0.2, -0.15) is 0 Å². The van der Waals surface area contributed by atoms with Gasteiger partial charge in [-0.15, -0.1) is 0 Å². The SMILES string of the molecule is O=CN(CCCCCC(=O)O)c1ccc2oc3ccccc3c(=O)c2c1. The Balaban J connectivity index is 1.83. The molecule has 3 rings (SSSR count). The van der Waals surface area contributed by atoms with Gasteiger partial charge >= 0.3 is 5.97 Å². The number of hydrogen-bond acceptors (Lipinski definition) is 4. The molecule has 0 fully saturated rings. The van der Waals surface area contributed by atoms with E-state index in [1.807, 2.05) is 6.07 Å². The first-order chi connectivity index (χ1) is 12.6. The van der Waals surface area contributed by atoms with Crippen LogP contribution in [-0.2, 0) is 9.59 Å². The van der Waals surface area contributed by atoms with Crippen molar-refractivity contribution in [2.24, 2.45) is 0 Å². The highest BCUT2D eigenvalue weighted by molar-refractivity contribution is 5.92. The lowest BCUT2D eigenvalue weighted by atomic mass is 10.1. The van der Waals surface area contributed by atoms with Gasteiger partial charge in [-0.3, -0.25) is 14.4 Å². The Morgan fingerprint density at radius 3 is 2.58 bits per heavy atom. The number of unbranched alkanes of at least 4 members (excludes halogenated alkanes) is 2. The van der Waals surface area contributed by atoms with E-state index in [9.17, 15) is 14.4 Å². The average Bonchev–Trinajstić information content (AvgIpc) is 2.65. The third-order valence-corrected chi connectivity index (χ3v) is 4.31. The molecule has 1 aromatic heterocycles. The molecular weight excluding hydrogens is 334 g/mol. The quantitative estimate of drug-likeness (QED) is 0.380. The van der Waals surface area contributed by atoms with E-state index in [2.05, 4.69) is 0 Å². The van der Waals surface area contributed by atoms with Crippen LogP contribution in [0, 0.1) is 0 Å². The lowest BCUT2D eigenvalue weighted by molar-refractivity contribution is -0.137. The van der Waals surface area contributed by atoms with Crippen LogP contribution in [0.4, 0.5) is 5.69 Å². The summed E-state index contributed by atoms with van der Waals surface area (Å²) in [5.41, 5.74) is 1.50. The fourth-order valence-corrected chi connectivity index (χ4v) is 2.95. The van der Waals surface area contributed by atoms with Crippen LogP contribution in [0.25, 0.3) is 21.9 Å². The van der Waals surface area contributed by atoms with Gasteiger partial charge in [0.2, 0.25) is 11.8 Å². The minimum atomic E-state index is -0.814. The third kappa shape index (κ3) is 3.74. The van der Waals surface area contributed by atoms with E-state index in [1.54, 1.807) is 36.4 Å². The number of carboxylic acid groups (broad SMARTS) is 1. The van der Waals surface area contributed by atoms with E-state index in [-0.39, 0.29) is 11.8 Å². The average molecular weight is 353 g/mol. The molecule has 0 saturated carbocycles. The smallest absolute Gasteiger partial charge is 0.303 e. The number of carbonyl (C=O) groups is 2. The zero-order valence-corrected chi connectivity index (χ0v) is 14.2. The number of benzene rings is 2. The molecule has 1 amide bonds. The molecule has 134 valence electrons. The second-order valence-electron chi connectivity index (χ2n) is 6.11. The fourth-order valence-electron chi connectivity index (χ4n) is 2.95. The minimum absolute atomic E-state index is 0.129. The van der Waals surface area contributed by atoms with Crippen molar-refractivity contribution in [2.75, 3.05) is 11.4 Å². The third-order valence-electron chi connectivity index (χ3n) is 4.31. The van der Waals surface area contributed by atoms with Crippen LogP contribution in [0.1, 0.15) is 25.7 Å². The van der Waals surface area contributed by atoms with E-state index >= 15 is 0 Å². The molecule has 0 spiro atoms. The van der Waals surface area contributed by atoms with Crippen LogP contribution < -0.4 is 10.3 Å². The number of anilines is 1. The van der Waals surface area contributed by atoms with E-state index < -0.39 is 5.97 Å². The van der Waals surface area contributed by atoms with Gasteiger partial charge in [0.15, 0.2) is 0 Å². The van der Waals surface area contributed by atoms with Gasteiger partial charge in [-0.05, 0) is 43.2 Å². The number of fused-ring (bicyclic) bond motifs is 2. The summed E-state index contributed by atoms with van der Waals surface area (Å²) in [5, 5.41) is 9.58. The van der Waals surface area contributed by atoms with E-state index in [0.717, 1.165) is 12.8 Å². The first-order valence-corrected chi connectivity index (χ1v) is 8.49. The van der Waals surface area contributed by atoms with Crippen molar-refractivity contribution in [3.05, 3.63) is 52.7 Å². The summed E-state index contributed by atoms with van der Waals surface area (Å²) in [6.07, 6.45) is 2.84. The maximum absolute atomic E-state index is 12.7. The molecule has 0 atom stereocenters. The molecule has 0 aliphatic carbocycles. The van der Waals surface area contributed by atoms with Crippen LogP contribution in [-0.4, -0.2) is 24.0 Å². The Morgan fingerprint density at radius 1 is 1.04 bits per heavy atom. The van der Waals surface area contributed by atoms with Gasteiger partial charge in [-0.1, -0.05) is 18.6 Å². The summed E-state index contributed by atoms with van der Waals surface area (Å²) in [6.45, 7) is 0.466. The van der Waals surface area contributed by atoms with Crippen molar-refractivity contribution in [3.63, 3.8) is 0 Å². The number of rotatable bonds is 8. The number of nitrogens with zero attached hydrogens (tertiary/aromatic N) is 1. The highest BCUT2D eigenvalue weighted by Crippen LogP contribution is 2.23. The summed E-state index contributed by atoms with van der Waals surface area (Å²) >= 11 is 0. The van der Waals surface area contributed by atoms with Gasteiger partial charge in [0.05, 0.1) is 10.8 Å². The minimum Gasteiger partial charge on any atom is -0.481 e. The fraction of sp³-hybridized carbons (Fsp3) is 0.250. The number of carboxylic acids is 1. The molecule has 1 N–H and O–H groups in total. The standard InChI is InChI=1S/C20H19NO5/c22-13-21(11-5-1-2-8-19(23)24)14-9-10-18-16(12-14)20(25)15-6-3-4-7-17(15)26-18/h3-4,6-7,9-10,12-13H,1-2,5,8,11H2,(H,23,24). The van der Waals surface area contributed by atoms with Gasteiger partial charge < -0.3 is 14.4 Å². The van der Waals surface area contributed by atoms with Gasteiger partial charge in [-0.25, -0.2) is 0 Å². The molecule has 3 aromatic rings. The maximum Gasteiger partial charge on any atom is 0.303 e. The van der Waals surface area contributed by atoms with E-state index in [1.165, 1.54) is 4.90 Å². The number of aliphatic carboxylic acids is 1. The molecule has 6 heteroatoms. The lowest BCUT2D eigenvalue weighted by Crippen LogP contribution is -2.22. The summed E-state index contributed by atoms with van der Waals surface area (Å²) in [6, 6.07) is 12.2. The molecule has 0 saturated heterocycles. The monoisotopic (exact) mass is 353 g/mol. The van der Waals surface area contributed by atoms with Crippen molar-refractivity contribution >= 4 is 40.0 Å². The molecule has 6 nitrogen and oxygen atoms in total. The normalized spacial score (nSPS) is 10.9. The van der Waals surface area contributed by atoms with Crippen LogP contribution >= 0.6 is 0 Å². The van der Waals surface area contributed by atoms with E-state index in [0.29, 0.717) is 47.0 Å². The second kappa shape index (κ2) is 7.82. The molecular formula is C20H19NO5. The summed E-state index contributed by atoms with van der Waals surface area (Å²) in [4.78, 5) is 36.2. The first-order valence-electron chi connectivity index (χ1n) is 8.49. The second-order valence-corrected chi connectivity index (χ2v) is 6.11. The molecule has 0 aliphatic rings. The predicted octanol–water partition coefficient (Wildman–Crippen LogP) is 3.55. The van der Waals surface area contributed by atoms with Gasteiger partial charge in [0.25, 0.3) is 0 Å². The molecule has 0 radical (unpaired) electrons. The topological polar surface area (TPSA) is 87.8 Å². The Kier molecular flexibility index (Phi) is 5.31. The summed E-state index contributed by atoms with van der Waals surface area (Å²) in [5.74, 6) is -0.814. The highest BCUT2D eigenvalue weighted by atomic mass is 16.4. The first kappa shape index (κ1) is 17.7. The van der Waals surface area contributed by atoms with Crippen molar-refractivity contribution in [1.29, 1.82) is 0 Å². The Bertz CT molecular complexity index is 1010. The molecule has 2 aromatic carbocycles. The molecule has 0 aliphatic heterocycles. The van der Waals surface area contributed by atoms with Crippen LogP contribution in [0.3, 0.4) is 0 Å². The largest absolute Gasteiger partial charge is 0.481 e. The number of para-hydroxylation sites is 1. The molecule has 0 bridgehead atoms. The molecule has 26 heavy (non-hydrogen) atoms. The van der Waals surface area contributed by atoms with Crippen LogP contribution in [0.2, 0.25) is 0 Å². The predicted molar refractivity (Wildman–Crippen MR) is 99.5 cm³/mol. The molecule has 1 heterocycles. The summed E-state index contributed by atoms with van der Waals surface area (Å²) < 4.78 is 5.77. The van der Waals surface area contributed by atoms with Crippen molar-refractivity contribution in [2.45, 2.75) is 25.7 Å². The van der Waals surface area contributed by atoms with Crippen LogP contribution in [0.15, 0.2) is 51.7 Å². The van der Waals surface area contributed by atoms with Crippen molar-refractivity contribution in [1.82, 2.24) is 0 Å².